The Morgan fingerprint density at radius 2 is 1.75 bits per heavy atom. The maximum absolute atomic E-state index is 10.5. The Kier molecular flexibility index (Phi) is 1.74. The summed E-state index contributed by atoms with van der Waals surface area (Å²) in [6, 6.07) is 0. The topological polar surface area (TPSA) is 38.7 Å². The van der Waals surface area contributed by atoms with Gasteiger partial charge in [-0.1, -0.05) is 6.42 Å². The van der Waals surface area contributed by atoms with Crippen molar-refractivity contribution in [3.63, 3.8) is 0 Å². The molecule has 1 saturated heterocycles. The van der Waals surface area contributed by atoms with Crippen molar-refractivity contribution < 1.29 is 14.6 Å². The van der Waals surface area contributed by atoms with Gasteiger partial charge in [-0.15, -0.1) is 0 Å². The van der Waals surface area contributed by atoms with Crippen molar-refractivity contribution in [2.45, 2.75) is 80.9 Å². The van der Waals surface area contributed by atoms with E-state index in [0.29, 0.717) is 0 Å². The van der Waals surface area contributed by atoms with E-state index in [1.807, 2.05) is 0 Å². The van der Waals surface area contributed by atoms with Crippen molar-refractivity contribution >= 4 is 0 Å². The molecule has 0 unspecified atom stereocenters. The first-order valence-corrected chi connectivity index (χ1v) is 6.79. The molecule has 4 rings (SSSR count). The lowest BCUT2D eigenvalue weighted by molar-refractivity contribution is -0.274. The molecule has 3 atom stereocenters. The molecule has 0 radical (unpaired) electrons. The van der Waals surface area contributed by atoms with E-state index in [0.717, 1.165) is 38.5 Å². The highest BCUT2D eigenvalue weighted by Gasteiger charge is 2.74. The summed E-state index contributed by atoms with van der Waals surface area (Å²) in [7, 11) is 0. The molecule has 4 fully saturated rings. The maximum atomic E-state index is 10.5. The van der Waals surface area contributed by atoms with Crippen LogP contribution in [0.3, 0.4) is 0 Å². The van der Waals surface area contributed by atoms with Gasteiger partial charge in [0, 0.05) is 12.8 Å². The van der Waals surface area contributed by atoms with Crippen LogP contribution in [0.15, 0.2) is 0 Å². The molecule has 4 aliphatic rings. The Hall–Kier alpha value is -0.120. The van der Waals surface area contributed by atoms with Crippen LogP contribution in [0.2, 0.25) is 0 Å². The van der Waals surface area contributed by atoms with Crippen molar-refractivity contribution in [1.82, 2.24) is 0 Å². The minimum atomic E-state index is -0.557. The molecule has 0 bridgehead atoms. The van der Waals surface area contributed by atoms with E-state index in [1.165, 1.54) is 19.3 Å². The predicted molar refractivity (Wildman–Crippen MR) is 57.9 cm³/mol. The Morgan fingerprint density at radius 3 is 2.38 bits per heavy atom. The predicted octanol–water partition coefficient (Wildman–Crippen LogP) is 2.12. The van der Waals surface area contributed by atoms with Crippen LogP contribution in [0, 0.1) is 0 Å². The van der Waals surface area contributed by atoms with Crippen LogP contribution in [0.5, 0.6) is 0 Å². The lowest BCUT2D eigenvalue weighted by Crippen LogP contribution is -2.63. The summed E-state index contributed by atoms with van der Waals surface area (Å²) in [6.45, 7) is 0. The molecular weight excluding hydrogens is 204 g/mol. The van der Waals surface area contributed by atoms with Gasteiger partial charge in [0.1, 0.15) is 5.60 Å². The van der Waals surface area contributed by atoms with Gasteiger partial charge in [-0.2, -0.15) is 0 Å². The molecule has 0 aromatic carbocycles. The van der Waals surface area contributed by atoms with E-state index in [-0.39, 0.29) is 17.5 Å². The minimum Gasteiger partial charge on any atom is -0.387 e. The zero-order valence-electron chi connectivity index (χ0n) is 9.71. The number of rotatable bonds is 0. The van der Waals surface area contributed by atoms with E-state index < -0.39 is 5.60 Å². The van der Waals surface area contributed by atoms with Gasteiger partial charge in [0.25, 0.3) is 0 Å². The quantitative estimate of drug-likeness (QED) is 0.685. The summed E-state index contributed by atoms with van der Waals surface area (Å²) < 4.78 is 12.6. The number of aliphatic hydroxyl groups is 1. The molecule has 3 heteroatoms. The number of ether oxygens (including phenoxy) is 2. The van der Waals surface area contributed by atoms with Crippen molar-refractivity contribution in [2.75, 3.05) is 0 Å². The average molecular weight is 224 g/mol. The first kappa shape index (κ1) is 9.86. The largest absolute Gasteiger partial charge is 0.387 e. The number of hydrogen-bond donors (Lipinski definition) is 1. The highest BCUT2D eigenvalue weighted by atomic mass is 16.8. The molecule has 1 aliphatic heterocycles. The van der Waals surface area contributed by atoms with Gasteiger partial charge in [0.05, 0.1) is 11.7 Å². The van der Waals surface area contributed by atoms with Crippen LogP contribution in [0.1, 0.15) is 57.8 Å². The molecule has 0 amide bonds. The van der Waals surface area contributed by atoms with Crippen LogP contribution >= 0.6 is 0 Å². The highest BCUT2D eigenvalue weighted by molar-refractivity contribution is 5.22. The zero-order chi connectivity index (χ0) is 10.9. The van der Waals surface area contributed by atoms with Crippen LogP contribution in [-0.4, -0.2) is 28.2 Å². The zero-order valence-corrected chi connectivity index (χ0v) is 9.71. The minimum absolute atomic E-state index is 0.171. The fraction of sp³-hybridized carbons (Fsp3) is 1.00. The molecule has 3 aliphatic carbocycles. The van der Waals surface area contributed by atoms with Gasteiger partial charge in [-0.25, -0.2) is 0 Å². The van der Waals surface area contributed by atoms with Crippen molar-refractivity contribution in [3.8, 4) is 0 Å². The molecule has 3 nitrogen and oxygen atoms in total. The standard InChI is InChI=1S/C13H20O3/c14-11-7-4-10-13(11,9-8-11)16-12(15-10)5-2-1-3-6-12/h10,14H,1-9H2/t10-,11+,13-/m0/s1. The SMILES string of the molecule is O[C@@]12CC[C@@H]3OC4(CCCCC4)O[C@@]31CC2. The van der Waals surface area contributed by atoms with E-state index in [2.05, 4.69) is 0 Å². The maximum Gasteiger partial charge on any atom is 0.169 e. The molecule has 0 aromatic rings. The monoisotopic (exact) mass is 224 g/mol. The van der Waals surface area contributed by atoms with Crippen molar-refractivity contribution in [2.24, 2.45) is 0 Å². The van der Waals surface area contributed by atoms with E-state index in [1.54, 1.807) is 0 Å². The molecule has 2 spiro atoms. The second-order valence-corrected chi connectivity index (χ2v) is 6.14. The Morgan fingerprint density at radius 1 is 0.938 bits per heavy atom. The van der Waals surface area contributed by atoms with Crippen LogP contribution in [-0.2, 0) is 9.47 Å². The Balaban J connectivity index is 1.65. The fourth-order valence-electron chi connectivity index (χ4n) is 4.35. The summed E-state index contributed by atoms with van der Waals surface area (Å²) in [5, 5.41) is 10.5. The third kappa shape index (κ3) is 0.964. The third-order valence-corrected chi connectivity index (χ3v) is 5.38. The van der Waals surface area contributed by atoms with Gasteiger partial charge < -0.3 is 14.6 Å². The Bertz CT molecular complexity index is 323. The van der Waals surface area contributed by atoms with Crippen molar-refractivity contribution in [3.05, 3.63) is 0 Å². The molecular formula is C13H20O3. The molecule has 0 aromatic heterocycles. The lowest BCUT2D eigenvalue weighted by Gasteiger charge is -2.51. The first-order chi connectivity index (χ1) is 7.68. The summed E-state index contributed by atoms with van der Waals surface area (Å²) in [6.07, 6.45) is 9.70. The van der Waals surface area contributed by atoms with Crippen molar-refractivity contribution in [1.29, 1.82) is 0 Å². The molecule has 1 N–H and O–H groups in total. The summed E-state index contributed by atoms with van der Waals surface area (Å²) in [5.41, 5.74) is -0.872. The van der Waals surface area contributed by atoms with Gasteiger partial charge in [-0.3, -0.25) is 0 Å². The van der Waals surface area contributed by atoms with Gasteiger partial charge in [-0.05, 0) is 38.5 Å². The molecule has 16 heavy (non-hydrogen) atoms. The summed E-state index contributed by atoms with van der Waals surface area (Å²) in [4.78, 5) is 0. The van der Waals surface area contributed by atoms with Gasteiger partial charge in [0.15, 0.2) is 5.79 Å². The highest BCUT2D eigenvalue weighted by Crippen LogP contribution is 2.63. The van der Waals surface area contributed by atoms with E-state index in [9.17, 15) is 5.11 Å². The van der Waals surface area contributed by atoms with Gasteiger partial charge >= 0.3 is 0 Å². The van der Waals surface area contributed by atoms with Crippen LogP contribution in [0.4, 0.5) is 0 Å². The van der Waals surface area contributed by atoms with E-state index in [4.69, 9.17) is 9.47 Å². The number of hydrogen-bond acceptors (Lipinski definition) is 3. The second-order valence-electron chi connectivity index (χ2n) is 6.14. The normalized spacial score (nSPS) is 53.4. The smallest absolute Gasteiger partial charge is 0.169 e. The van der Waals surface area contributed by atoms with Crippen LogP contribution < -0.4 is 0 Å². The fourth-order valence-corrected chi connectivity index (χ4v) is 4.35. The molecule has 3 saturated carbocycles. The molecule has 1 heterocycles. The third-order valence-electron chi connectivity index (χ3n) is 5.38. The van der Waals surface area contributed by atoms with Gasteiger partial charge in [0.2, 0.25) is 0 Å². The average Bonchev–Trinajstić information content (AvgIpc) is 2.69. The summed E-state index contributed by atoms with van der Waals surface area (Å²) >= 11 is 0. The molecule has 90 valence electrons. The second kappa shape index (κ2) is 2.82. The Labute approximate surface area is 96.1 Å². The first-order valence-electron chi connectivity index (χ1n) is 6.79. The lowest BCUT2D eigenvalue weighted by atomic mass is 9.67. The van der Waals surface area contributed by atoms with Crippen LogP contribution in [0.25, 0.3) is 0 Å². The summed E-state index contributed by atoms with van der Waals surface area (Å²) in [5.74, 6) is -0.322. The van der Waals surface area contributed by atoms with E-state index >= 15 is 0 Å².